The molecule has 0 aliphatic carbocycles. The summed E-state index contributed by atoms with van der Waals surface area (Å²) in [5, 5.41) is 5.20. The van der Waals surface area contributed by atoms with Crippen molar-refractivity contribution in [3.63, 3.8) is 0 Å². The molecule has 0 unspecified atom stereocenters. The fraction of sp³-hybridized carbons (Fsp3) is 0.222. The van der Waals surface area contributed by atoms with E-state index in [2.05, 4.69) is 5.10 Å². The van der Waals surface area contributed by atoms with Crippen LogP contribution in [0.25, 0.3) is 10.9 Å². The number of aromatic nitrogens is 2. The number of aryl methyl sites for hydroxylation is 1. The van der Waals surface area contributed by atoms with Crippen LogP contribution in [0.5, 0.6) is 5.75 Å². The maximum absolute atomic E-state index is 5.19. The van der Waals surface area contributed by atoms with Gasteiger partial charge in [-0.15, -0.1) is 0 Å². The van der Waals surface area contributed by atoms with Crippen LogP contribution in [-0.2, 0) is 7.05 Å². The Hall–Kier alpha value is -1.51. The van der Waals surface area contributed by atoms with Gasteiger partial charge in [-0.25, -0.2) is 0 Å². The number of hydrogen-bond acceptors (Lipinski definition) is 2. The summed E-state index contributed by atoms with van der Waals surface area (Å²) in [7, 11) is 3.59. The molecule has 0 atom stereocenters. The van der Waals surface area contributed by atoms with Crippen molar-refractivity contribution in [3.8, 4) is 5.75 Å². The second kappa shape index (κ2) is 2.52. The fourth-order valence-electron chi connectivity index (χ4n) is 1.33. The van der Waals surface area contributed by atoms with E-state index in [1.54, 1.807) is 7.11 Å². The molecule has 2 aromatic rings. The molecule has 2 rings (SSSR count). The summed E-state index contributed by atoms with van der Waals surface area (Å²) in [6.45, 7) is 0. The van der Waals surface area contributed by atoms with Crippen molar-refractivity contribution in [2.24, 2.45) is 7.05 Å². The molecule has 0 amide bonds. The molecule has 0 saturated carbocycles. The van der Waals surface area contributed by atoms with Crippen molar-refractivity contribution in [2.45, 2.75) is 0 Å². The van der Waals surface area contributed by atoms with Crippen LogP contribution in [0.1, 0.15) is 0 Å². The van der Waals surface area contributed by atoms with Crippen LogP contribution in [0.3, 0.4) is 0 Å². The Labute approximate surface area is 70.6 Å². The van der Waals surface area contributed by atoms with E-state index in [0.717, 1.165) is 16.7 Å². The van der Waals surface area contributed by atoms with Gasteiger partial charge >= 0.3 is 0 Å². The Morgan fingerprint density at radius 2 is 2.25 bits per heavy atom. The molecular weight excluding hydrogens is 152 g/mol. The standard InChI is InChI=1S/C9H10N2O/c1-11-8-4-3-5-9(12-2)7(8)6-10-11/h3-6H,1-2H3. The smallest absolute Gasteiger partial charge is 0.129 e. The Balaban J connectivity index is 2.81. The predicted octanol–water partition coefficient (Wildman–Crippen LogP) is 1.58. The summed E-state index contributed by atoms with van der Waals surface area (Å²) in [5.41, 5.74) is 1.09. The van der Waals surface area contributed by atoms with Crippen molar-refractivity contribution in [3.05, 3.63) is 24.4 Å². The molecule has 0 fully saturated rings. The van der Waals surface area contributed by atoms with Crippen molar-refractivity contribution in [2.75, 3.05) is 7.11 Å². The van der Waals surface area contributed by atoms with Crippen LogP contribution in [-0.4, -0.2) is 16.9 Å². The topological polar surface area (TPSA) is 27.1 Å². The number of nitrogens with zero attached hydrogens (tertiary/aromatic N) is 2. The van der Waals surface area contributed by atoms with E-state index in [0.29, 0.717) is 0 Å². The van der Waals surface area contributed by atoms with E-state index in [1.165, 1.54) is 0 Å². The zero-order valence-electron chi connectivity index (χ0n) is 7.11. The minimum atomic E-state index is 0.876. The molecular formula is C9H10N2O. The van der Waals surface area contributed by atoms with Crippen LogP contribution in [0.4, 0.5) is 0 Å². The van der Waals surface area contributed by atoms with Crippen LogP contribution < -0.4 is 4.74 Å². The van der Waals surface area contributed by atoms with Gasteiger partial charge in [-0.05, 0) is 12.1 Å². The largest absolute Gasteiger partial charge is 0.496 e. The Morgan fingerprint density at radius 1 is 1.42 bits per heavy atom. The van der Waals surface area contributed by atoms with Gasteiger partial charge in [0.05, 0.1) is 24.2 Å². The summed E-state index contributed by atoms with van der Waals surface area (Å²) in [6, 6.07) is 5.91. The Morgan fingerprint density at radius 3 is 3.00 bits per heavy atom. The molecule has 62 valence electrons. The fourth-order valence-corrected chi connectivity index (χ4v) is 1.33. The molecule has 0 aliphatic heterocycles. The summed E-state index contributed by atoms with van der Waals surface area (Å²) in [6.07, 6.45) is 1.81. The third kappa shape index (κ3) is 0.863. The van der Waals surface area contributed by atoms with Gasteiger partial charge < -0.3 is 4.74 Å². The normalized spacial score (nSPS) is 10.5. The van der Waals surface area contributed by atoms with Crippen LogP contribution >= 0.6 is 0 Å². The van der Waals surface area contributed by atoms with Crippen LogP contribution in [0.2, 0.25) is 0 Å². The predicted molar refractivity (Wildman–Crippen MR) is 47.3 cm³/mol. The lowest BCUT2D eigenvalue weighted by molar-refractivity contribution is 0.420. The SMILES string of the molecule is COc1cccc2c1cnn2C. The highest BCUT2D eigenvalue weighted by Crippen LogP contribution is 2.23. The highest BCUT2D eigenvalue weighted by molar-refractivity contribution is 5.84. The van der Waals surface area contributed by atoms with Gasteiger partial charge in [0.2, 0.25) is 0 Å². The molecule has 0 saturated heterocycles. The summed E-state index contributed by atoms with van der Waals surface area (Å²) < 4.78 is 7.02. The first-order chi connectivity index (χ1) is 5.83. The van der Waals surface area contributed by atoms with Crippen molar-refractivity contribution >= 4 is 10.9 Å². The number of methoxy groups -OCH3 is 1. The molecule has 12 heavy (non-hydrogen) atoms. The van der Waals surface area contributed by atoms with E-state index in [-0.39, 0.29) is 0 Å². The summed E-state index contributed by atoms with van der Waals surface area (Å²) in [4.78, 5) is 0. The average molecular weight is 162 g/mol. The van der Waals surface area contributed by atoms with Gasteiger partial charge in [-0.1, -0.05) is 6.07 Å². The first kappa shape index (κ1) is 7.16. The van der Waals surface area contributed by atoms with Crippen LogP contribution in [0.15, 0.2) is 24.4 Å². The van der Waals surface area contributed by atoms with E-state index in [4.69, 9.17) is 4.74 Å². The molecule has 3 nitrogen and oxygen atoms in total. The average Bonchev–Trinajstić information content (AvgIpc) is 2.48. The molecule has 0 spiro atoms. The number of fused-ring (bicyclic) bond motifs is 1. The maximum atomic E-state index is 5.19. The van der Waals surface area contributed by atoms with Crippen molar-refractivity contribution in [1.82, 2.24) is 9.78 Å². The Kier molecular flexibility index (Phi) is 1.50. The number of benzene rings is 1. The molecule has 1 aromatic heterocycles. The first-order valence-corrected chi connectivity index (χ1v) is 3.77. The minimum Gasteiger partial charge on any atom is -0.496 e. The molecule has 0 radical (unpaired) electrons. The third-order valence-electron chi connectivity index (χ3n) is 1.97. The van der Waals surface area contributed by atoms with E-state index in [1.807, 2.05) is 36.1 Å². The molecule has 0 aliphatic rings. The second-order valence-electron chi connectivity index (χ2n) is 2.66. The molecule has 0 N–H and O–H groups in total. The second-order valence-corrected chi connectivity index (χ2v) is 2.66. The maximum Gasteiger partial charge on any atom is 0.129 e. The summed E-state index contributed by atoms with van der Waals surface area (Å²) >= 11 is 0. The molecule has 1 aromatic carbocycles. The van der Waals surface area contributed by atoms with Gasteiger partial charge in [0, 0.05) is 7.05 Å². The van der Waals surface area contributed by atoms with E-state index < -0.39 is 0 Å². The molecule has 3 heteroatoms. The lowest BCUT2D eigenvalue weighted by atomic mass is 10.2. The van der Waals surface area contributed by atoms with Crippen molar-refractivity contribution < 1.29 is 4.74 Å². The van der Waals surface area contributed by atoms with Gasteiger partial charge in [0.25, 0.3) is 0 Å². The van der Waals surface area contributed by atoms with Gasteiger partial charge in [0.1, 0.15) is 5.75 Å². The quantitative estimate of drug-likeness (QED) is 0.636. The Bertz CT molecular complexity index is 406. The van der Waals surface area contributed by atoms with Crippen LogP contribution in [0, 0.1) is 0 Å². The lowest BCUT2D eigenvalue weighted by Gasteiger charge is -2.00. The number of ether oxygens (including phenoxy) is 1. The van der Waals surface area contributed by atoms with Crippen molar-refractivity contribution in [1.29, 1.82) is 0 Å². The number of hydrogen-bond donors (Lipinski definition) is 0. The highest BCUT2D eigenvalue weighted by atomic mass is 16.5. The third-order valence-corrected chi connectivity index (χ3v) is 1.97. The minimum absolute atomic E-state index is 0.876. The highest BCUT2D eigenvalue weighted by Gasteiger charge is 2.03. The van der Waals surface area contributed by atoms with E-state index in [9.17, 15) is 0 Å². The zero-order chi connectivity index (χ0) is 8.55. The van der Waals surface area contributed by atoms with Gasteiger partial charge in [-0.2, -0.15) is 5.10 Å². The monoisotopic (exact) mass is 162 g/mol. The lowest BCUT2D eigenvalue weighted by Crippen LogP contribution is -1.88. The number of rotatable bonds is 1. The zero-order valence-corrected chi connectivity index (χ0v) is 7.11. The van der Waals surface area contributed by atoms with E-state index >= 15 is 0 Å². The molecule has 0 bridgehead atoms. The van der Waals surface area contributed by atoms with Gasteiger partial charge in [-0.3, -0.25) is 4.68 Å². The molecule has 1 heterocycles. The first-order valence-electron chi connectivity index (χ1n) is 3.77. The van der Waals surface area contributed by atoms with Gasteiger partial charge in [0.15, 0.2) is 0 Å². The summed E-state index contributed by atoms with van der Waals surface area (Å²) in [5.74, 6) is 0.876.